The van der Waals surface area contributed by atoms with Crippen molar-refractivity contribution < 1.29 is 22.7 Å². The van der Waals surface area contributed by atoms with E-state index in [0.717, 1.165) is 10.7 Å². The largest absolute Gasteiger partial charge is 0.462 e. The van der Waals surface area contributed by atoms with Gasteiger partial charge >= 0.3 is 5.97 Å². The fourth-order valence-electron chi connectivity index (χ4n) is 4.05. The van der Waals surface area contributed by atoms with Crippen LogP contribution in [0.4, 0.5) is 0 Å². The van der Waals surface area contributed by atoms with Gasteiger partial charge in [-0.1, -0.05) is 30.3 Å². The number of hydrogen-bond donors (Lipinski definition) is 1. The van der Waals surface area contributed by atoms with E-state index in [9.17, 15) is 18.0 Å². The predicted molar refractivity (Wildman–Crippen MR) is 116 cm³/mol. The third-order valence-electron chi connectivity index (χ3n) is 5.64. The number of ether oxygens (including phenoxy) is 1. The van der Waals surface area contributed by atoms with Crippen LogP contribution in [0.3, 0.4) is 0 Å². The molecule has 1 aliphatic heterocycles. The quantitative estimate of drug-likeness (QED) is 0.657. The minimum absolute atomic E-state index is 0.0102. The van der Waals surface area contributed by atoms with Gasteiger partial charge in [-0.2, -0.15) is 4.31 Å². The molecule has 1 saturated heterocycles. The van der Waals surface area contributed by atoms with Crippen molar-refractivity contribution >= 4 is 21.9 Å². The summed E-state index contributed by atoms with van der Waals surface area (Å²) in [6, 6.07) is 9.99. The minimum Gasteiger partial charge on any atom is -0.462 e. The molecule has 8 nitrogen and oxygen atoms in total. The molecule has 2 heterocycles. The molecular weight excluding hydrogens is 418 g/mol. The zero-order valence-corrected chi connectivity index (χ0v) is 19.2. The Labute approximate surface area is 183 Å². The number of esters is 1. The number of aromatic amines is 1. The number of H-pyrrole nitrogens is 1. The number of amides is 1. The highest BCUT2D eigenvalue weighted by molar-refractivity contribution is 7.89. The van der Waals surface area contributed by atoms with Crippen molar-refractivity contribution in [2.45, 2.75) is 38.0 Å². The number of likely N-dealkylation sites (tertiary alicyclic amines) is 1. The molecule has 3 rings (SSSR count). The van der Waals surface area contributed by atoms with E-state index < -0.39 is 16.0 Å². The summed E-state index contributed by atoms with van der Waals surface area (Å²) in [5, 5.41) is 0. The summed E-state index contributed by atoms with van der Waals surface area (Å²) in [5.41, 5.74) is 1.92. The molecule has 9 heteroatoms. The number of nitrogens with zero attached hydrogens (tertiary/aromatic N) is 2. The van der Waals surface area contributed by atoms with Gasteiger partial charge in [-0.05, 0) is 32.8 Å². The first-order valence-electron chi connectivity index (χ1n) is 10.3. The molecule has 0 aliphatic carbocycles. The van der Waals surface area contributed by atoms with Crippen LogP contribution in [0.1, 0.15) is 46.6 Å². The number of benzene rings is 1. The van der Waals surface area contributed by atoms with Crippen LogP contribution in [-0.2, 0) is 19.6 Å². The Bertz CT molecular complexity index is 1060. The van der Waals surface area contributed by atoms with Crippen molar-refractivity contribution in [3.63, 3.8) is 0 Å². The Kier molecular flexibility index (Phi) is 6.86. The Morgan fingerprint density at radius 1 is 1.19 bits per heavy atom. The van der Waals surface area contributed by atoms with Crippen molar-refractivity contribution in [3.8, 4) is 0 Å². The van der Waals surface area contributed by atoms with Crippen LogP contribution >= 0.6 is 0 Å². The maximum absolute atomic E-state index is 13.3. The van der Waals surface area contributed by atoms with Crippen molar-refractivity contribution in [1.29, 1.82) is 0 Å². The molecule has 168 valence electrons. The smallest absolute Gasteiger partial charge is 0.341 e. The molecule has 1 fully saturated rings. The van der Waals surface area contributed by atoms with E-state index in [1.54, 1.807) is 25.7 Å². The summed E-state index contributed by atoms with van der Waals surface area (Å²) < 4.78 is 32.6. The van der Waals surface area contributed by atoms with Crippen LogP contribution in [0.25, 0.3) is 0 Å². The normalized spacial score (nSPS) is 16.7. The summed E-state index contributed by atoms with van der Waals surface area (Å²) >= 11 is 0. The highest BCUT2D eigenvalue weighted by Crippen LogP contribution is 2.29. The molecule has 31 heavy (non-hydrogen) atoms. The van der Waals surface area contributed by atoms with E-state index in [0.29, 0.717) is 24.5 Å². The second-order valence-electron chi connectivity index (χ2n) is 7.80. The van der Waals surface area contributed by atoms with Crippen molar-refractivity contribution in [2.24, 2.45) is 0 Å². The number of aromatic nitrogens is 1. The number of carbonyl (C=O) groups excluding carboxylic acids is 2. The molecule has 1 aromatic heterocycles. The maximum Gasteiger partial charge on any atom is 0.341 e. The third kappa shape index (κ3) is 4.67. The fourth-order valence-corrected chi connectivity index (χ4v) is 5.57. The van der Waals surface area contributed by atoms with Gasteiger partial charge in [0.1, 0.15) is 10.5 Å². The van der Waals surface area contributed by atoms with Crippen LogP contribution in [0.15, 0.2) is 35.2 Å². The number of aryl methyl sites for hydroxylation is 2. The summed E-state index contributed by atoms with van der Waals surface area (Å²) in [7, 11) is -2.72. The van der Waals surface area contributed by atoms with Gasteiger partial charge in [-0.15, -0.1) is 0 Å². The summed E-state index contributed by atoms with van der Waals surface area (Å²) in [6.45, 7) is 5.85. The Hall–Kier alpha value is -2.65. The molecule has 1 N–H and O–H groups in total. The first-order valence-corrected chi connectivity index (χ1v) is 11.8. The second-order valence-corrected chi connectivity index (χ2v) is 9.78. The van der Waals surface area contributed by atoms with Gasteiger partial charge < -0.3 is 14.6 Å². The van der Waals surface area contributed by atoms with Crippen LogP contribution in [0, 0.1) is 13.8 Å². The molecule has 0 saturated carbocycles. The zero-order valence-electron chi connectivity index (χ0n) is 18.3. The Morgan fingerprint density at radius 3 is 2.52 bits per heavy atom. The Balaban J connectivity index is 1.75. The first kappa shape index (κ1) is 23.0. The number of hydrogen-bond acceptors (Lipinski definition) is 5. The number of rotatable bonds is 7. The average Bonchev–Trinajstić information content (AvgIpc) is 3.33. The molecule has 0 bridgehead atoms. The molecular formula is C22H29N3O5S. The monoisotopic (exact) mass is 447 g/mol. The van der Waals surface area contributed by atoms with Gasteiger partial charge in [0, 0.05) is 37.4 Å². The SMILES string of the molecule is CCOC(=O)c1c(C)[nH]c(C)c1S(=O)(=O)N(C)CC(=O)N1CCC(c2ccccc2)C1. The summed E-state index contributed by atoms with van der Waals surface area (Å²) in [5.74, 6) is -0.711. The number of carbonyl (C=O) groups is 2. The van der Waals surface area contributed by atoms with Gasteiger partial charge in [0.05, 0.1) is 13.2 Å². The molecule has 2 aromatic rings. The van der Waals surface area contributed by atoms with Crippen molar-refractivity contribution in [1.82, 2.24) is 14.2 Å². The number of likely N-dealkylation sites (N-methyl/N-ethyl adjacent to an activating group) is 1. The van der Waals surface area contributed by atoms with Crippen molar-refractivity contribution in [2.75, 3.05) is 33.3 Å². The highest BCUT2D eigenvalue weighted by Gasteiger charge is 2.35. The van der Waals surface area contributed by atoms with Gasteiger partial charge in [0.15, 0.2) is 0 Å². The Morgan fingerprint density at radius 2 is 1.87 bits per heavy atom. The average molecular weight is 448 g/mol. The van der Waals surface area contributed by atoms with Crippen molar-refractivity contribution in [3.05, 3.63) is 52.8 Å². The molecule has 1 atom stereocenters. The van der Waals surface area contributed by atoms with E-state index in [2.05, 4.69) is 4.98 Å². The topological polar surface area (TPSA) is 99.8 Å². The lowest BCUT2D eigenvalue weighted by molar-refractivity contribution is -0.130. The predicted octanol–water partition coefficient (Wildman–Crippen LogP) is 2.44. The third-order valence-corrected chi connectivity index (χ3v) is 7.61. The zero-order chi connectivity index (χ0) is 22.8. The molecule has 1 aliphatic rings. The number of nitrogens with one attached hydrogen (secondary N) is 1. The van der Waals surface area contributed by atoms with Gasteiger partial charge in [0.2, 0.25) is 15.9 Å². The fraction of sp³-hybridized carbons (Fsp3) is 0.455. The summed E-state index contributed by atoms with van der Waals surface area (Å²) in [4.78, 5) is 29.7. The molecule has 1 amide bonds. The number of sulfonamides is 1. The lowest BCUT2D eigenvalue weighted by Gasteiger charge is -2.22. The second kappa shape index (κ2) is 9.23. The minimum atomic E-state index is -4.08. The first-order chi connectivity index (χ1) is 14.7. The highest BCUT2D eigenvalue weighted by atomic mass is 32.2. The molecule has 0 radical (unpaired) electrons. The van der Waals surface area contributed by atoms with E-state index in [4.69, 9.17) is 4.74 Å². The standard InChI is InChI=1S/C22H29N3O5S/c1-5-30-22(27)20-15(2)23-16(3)21(20)31(28,29)24(4)14-19(26)25-12-11-18(13-25)17-9-7-6-8-10-17/h6-10,18,23H,5,11-14H2,1-4H3. The molecule has 1 aromatic carbocycles. The van der Waals surface area contributed by atoms with Crippen LogP contribution in [0.2, 0.25) is 0 Å². The van der Waals surface area contributed by atoms with E-state index in [-0.39, 0.29) is 35.4 Å². The lowest BCUT2D eigenvalue weighted by Crippen LogP contribution is -2.40. The van der Waals surface area contributed by atoms with Gasteiger partial charge in [-0.3, -0.25) is 4.79 Å². The molecule has 1 unspecified atom stereocenters. The maximum atomic E-state index is 13.3. The molecule has 0 spiro atoms. The summed E-state index contributed by atoms with van der Waals surface area (Å²) in [6.07, 6.45) is 0.843. The van der Waals surface area contributed by atoms with E-state index in [1.165, 1.54) is 12.6 Å². The van der Waals surface area contributed by atoms with Crippen LogP contribution < -0.4 is 0 Å². The van der Waals surface area contributed by atoms with E-state index in [1.807, 2.05) is 30.3 Å². The van der Waals surface area contributed by atoms with Gasteiger partial charge in [0.25, 0.3) is 0 Å². The van der Waals surface area contributed by atoms with Crippen LogP contribution in [-0.4, -0.2) is 67.8 Å². The van der Waals surface area contributed by atoms with Gasteiger partial charge in [-0.25, -0.2) is 13.2 Å². The lowest BCUT2D eigenvalue weighted by atomic mass is 9.99. The van der Waals surface area contributed by atoms with E-state index >= 15 is 0 Å². The van der Waals surface area contributed by atoms with Crippen LogP contribution in [0.5, 0.6) is 0 Å².